The van der Waals surface area contributed by atoms with Crippen molar-refractivity contribution in [1.82, 2.24) is 15.5 Å². The molecule has 0 spiro atoms. The van der Waals surface area contributed by atoms with E-state index in [4.69, 9.17) is 16.3 Å². The molecule has 0 aliphatic rings. The number of aromatic nitrogens is 2. The average Bonchev–Trinajstić information content (AvgIpc) is 2.80. The van der Waals surface area contributed by atoms with Crippen molar-refractivity contribution in [1.29, 1.82) is 0 Å². The summed E-state index contributed by atoms with van der Waals surface area (Å²) in [5.41, 5.74) is 0. The van der Waals surface area contributed by atoms with Gasteiger partial charge >= 0.3 is 6.03 Å². The fourth-order valence-corrected chi connectivity index (χ4v) is 2.15. The van der Waals surface area contributed by atoms with Crippen molar-refractivity contribution in [3.63, 3.8) is 0 Å². The minimum absolute atomic E-state index is 0.337. The molecule has 0 saturated carbocycles. The highest BCUT2D eigenvalue weighted by molar-refractivity contribution is 7.15. The van der Waals surface area contributed by atoms with Crippen LogP contribution in [0.4, 0.5) is 9.93 Å². The van der Waals surface area contributed by atoms with Crippen molar-refractivity contribution in [3.8, 4) is 5.75 Å². The van der Waals surface area contributed by atoms with Gasteiger partial charge in [0, 0.05) is 5.02 Å². The van der Waals surface area contributed by atoms with Crippen molar-refractivity contribution in [2.75, 3.05) is 18.5 Å². The third-order valence-corrected chi connectivity index (χ3v) is 3.19. The summed E-state index contributed by atoms with van der Waals surface area (Å²) in [7, 11) is 0. The van der Waals surface area contributed by atoms with Crippen LogP contribution in [-0.4, -0.2) is 29.4 Å². The number of hydrogen-bond acceptors (Lipinski definition) is 5. The number of carbonyl (C=O) groups is 1. The number of halogens is 1. The van der Waals surface area contributed by atoms with Gasteiger partial charge in [-0.1, -0.05) is 29.0 Å². The van der Waals surface area contributed by atoms with Gasteiger partial charge in [0.15, 0.2) is 0 Å². The van der Waals surface area contributed by atoms with Gasteiger partial charge in [0.2, 0.25) is 5.13 Å². The molecular weight excluding hydrogens is 300 g/mol. The number of nitrogens with zero attached hydrogens (tertiary/aromatic N) is 2. The first-order valence-corrected chi connectivity index (χ1v) is 7.06. The van der Waals surface area contributed by atoms with Crippen LogP contribution in [0.15, 0.2) is 24.3 Å². The van der Waals surface area contributed by atoms with Gasteiger partial charge < -0.3 is 10.1 Å². The fraction of sp³-hybridized carbons (Fsp3) is 0.250. The second-order valence-corrected chi connectivity index (χ2v) is 5.43. The van der Waals surface area contributed by atoms with Crippen LogP contribution in [0, 0.1) is 6.92 Å². The summed E-state index contributed by atoms with van der Waals surface area (Å²) in [4.78, 5) is 11.5. The van der Waals surface area contributed by atoms with Crippen molar-refractivity contribution in [3.05, 3.63) is 34.3 Å². The molecule has 1 aromatic heterocycles. The number of anilines is 1. The maximum absolute atomic E-state index is 11.5. The highest BCUT2D eigenvalue weighted by Crippen LogP contribution is 2.16. The number of urea groups is 1. The molecule has 0 saturated heterocycles. The molecular formula is C12H13ClN4O2S. The molecule has 2 aromatic rings. The van der Waals surface area contributed by atoms with Crippen molar-refractivity contribution in [2.24, 2.45) is 0 Å². The van der Waals surface area contributed by atoms with E-state index in [1.54, 1.807) is 24.3 Å². The van der Waals surface area contributed by atoms with Crippen LogP contribution in [0.25, 0.3) is 0 Å². The van der Waals surface area contributed by atoms with Gasteiger partial charge in [-0.05, 0) is 25.1 Å². The first-order chi connectivity index (χ1) is 9.63. The summed E-state index contributed by atoms with van der Waals surface area (Å²) in [6.07, 6.45) is 0. The van der Waals surface area contributed by atoms with Gasteiger partial charge in [-0.25, -0.2) is 4.79 Å². The topological polar surface area (TPSA) is 76.1 Å². The summed E-state index contributed by atoms with van der Waals surface area (Å²) in [6.45, 7) is 2.54. The predicted molar refractivity (Wildman–Crippen MR) is 78.6 cm³/mol. The first kappa shape index (κ1) is 14.5. The zero-order valence-corrected chi connectivity index (χ0v) is 12.3. The number of amides is 2. The van der Waals surface area contributed by atoms with E-state index in [1.807, 2.05) is 6.92 Å². The first-order valence-electron chi connectivity index (χ1n) is 5.87. The minimum atomic E-state index is -0.337. The second kappa shape index (κ2) is 7.06. The van der Waals surface area contributed by atoms with Gasteiger partial charge in [-0.2, -0.15) is 0 Å². The second-order valence-electron chi connectivity index (χ2n) is 3.81. The Hall–Kier alpha value is -1.86. The molecule has 1 aromatic carbocycles. The molecule has 0 unspecified atom stereocenters. The smallest absolute Gasteiger partial charge is 0.321 e. The van der Waals surface area contributed by atoms with E-state index in [-0.39, 0.29) is 6.03 Å². The van der Waals surface area contributed by atoms with Gasteiger partial charge in [-0.3, -0.25) is 5.32 Å². The molecule has 20 heavy (non-hydrogen) atoms. The number of hydrogen-bond donors (Lipinski definition) is 2. The van der Waals surface area contributed by atoms with Crippen LogP contribution in [0.1, 0.15) is 5.01 Å². The summed E-state index contributed by atoms with van der Waals surface area (Å²) in [5, 5.41) is 14.7. The molecule has 1 heterocycles. The molecule has 106 valence electrons. The normalized spacial score (nSPS) is 10.1. The molecule has 0 aliphatic carbocycles. The van der Waals surface area contributed by atoms with E-state index in [0.717, 1.165) is 5.01 Å². The molecule has 0 aliphatic heterocycles. The maximum atomic E-state index is 11.5. The van der Waals surface area contributed by atoms with E-state index in [2.05, 4.69) is 20.8 Å². The molecule has 0 radical (unpaired) electrons. The van der Waals surface area contributed by atoms with E-state index < -0.39 is 0 Å². The van der Waals surface area contributed by atoms with Crippen LogP contribution in [-0.2, 0) is 0 Å². The van der Waals surface area contributed by atoms with E-state index >= 15 is 0 Å². The van der Waals surface area contributed by atoms with Crippen LogP contribution in [0.5, 0.6) is 5.75 Å². The minimum Gasteiger partial charge on any atom is -0.492 e. The van der Waals surface area contributed by atoms with Crippen LogP contribution < -0.4 is 15.4 Å². The SMILES string of the molecule is Cc1nnc(NC(=O)NCCOc2cccc(Cl)c2)s1. The number of rotatable bonds is 5. The fourth-order valence-electron chi connectivity index (χ4n) is 1.38. The van der Waals surface area contributed by atoms with Gasteiger partial charge in [0.1, 0.15) is 17.4 Å². The number of nitrogens with one attached hydrogen (secondary N) is 2. The summed E-state index contributed by atoms with van der Waals surface area (Å²) in [5.74, 6) is 0.666. The standard InChI is InChI=1S/C12H13ClN4O2S/c1-8-16-17-12(20-8)15-11(18)14-5-6-19-10-4-2-3-9(13)7-10/h2-4,7H,5-6H2,1H3,(H2,14,15,17,18). The molecule has 0 fully saturated rings. The molecule has 0 bridgehead atoms. The van der Waals surface area contributed by atoms with Crippen molar-refractivity contribution >= 4 is 34.1 Å². The Morgan fingerprint density at radius 3 is 3.00 bits per heavy atom. The Morgan fingerprint density at radius 1 is 1.45 bits per heavy atom. The predicted octanol–water partition coefficient (Wildman–Crippen LogP) is 2.70. The average molecular weight is 313 g/mol. The molecule has 0 atom stereocenters. The lowest BCUT2D eigenvalue weighted by Gasteiger charge is -2.07. The highest BCUT2D eigenvalue weighted by Gasteiger charge is 2.05. The molecule has 8 heteroatoms. The van der Waals surface area contributed by atoms with Crippen molar-refractivity contribution in [2.45, 2.75) is 6.92 Å². The molecule has 6 nitrogen and oxygen atoms in total. The lowest BCUT2D eigenvalue weighted by Crippen LogP contribution is -2.32. The third kappa shape index (κ3) is 4.67. The molecule has 2 amide bonds. The lowest BCUT2D eigenvalue weighted by molar-refractivity contribution is 0.247. The summed E-state index contributed by atoms with van der Waals surface area (Å²) < 4.78 is 5.44. The van der Waals surface area contributed by atoms with Crippen LogP contribution in [0.2, 0.25) is 5.02 Å². The largest absolute Gasteiger partial charge is 0.492 e. The van der Waals surface area contributed by atoms with Gasteiger partial charge in [0.25, 0.3) is 0 Å². The Kier molecular flexibility index (Phi) is 5.14. The maximum Gasteiger partial charge on any atom is 0.321 e. The summed E-state index contributed by atoms with van der Waals surface area (Å²) in [6, 6.07) is 6.75. The van der Waals surface area contributed by atoms with Crippen molar-refractivity contribution < 1.29 is 9.53 Å². The quantitative estimate of drug-likeness (QED) is 0.832. The van der Waals surface area contributed by atoms with Crippen LogP contribution >= 0.6 is 22.9 Å². The number of ether oxygens (including phenoxy) is 1. The number of benzene rings is 1. The zero-order chi connectivity index (χ0) is 14.4. The zero-order valence-electron chi connectivity index (χ0n) is 10.7. The Balaban J connectivity index is 1.67. The Labute approximate surface area is 125 Å². The summed E-state index contributed by atoms with van der Waals surface area (Å²) >= 11 is 7.14. The molecule has 2 rings (SSSR count). The Bertz CT molecular complexity index is 590. The molecule has 2 N–H and O–H groups in total. The number of aryl methyl sites for hydroxylation is 1. The lowest BCUT2D eigenvalue weighted by atomic mass is 10.3. The van der Waals surface area contributed by atoms with E-state index in [0.29, 0.717) is 29.1 Å². The number of carbonyl (C=O) groups excluding carboxylic acids is 1. The third-order valence-electron chi connectivity index (χ3n) is 2.20. The van der Waals surface area contributed by atoms with Gasteiger partial charge in [0.05, 0.1) is 6.54 Å². The van der Waals surface area contributed by atoms with Gasteiger partial charge in [-0.15, -0.1) is 10.2 Å². The highest BCUT2D eigenvalue weighted by atomic mass is 35.5. The van der Waals surface area contributed by atoms with Crippen LogP contribution in [0.3, 0.4) is 0 Å². The Morgan fingerprint density at radius 2 is 2.30 bits per heavy atom. The monoisotopic (exact) mass is 312 g/mol. The van der Waals surface area contributed by atoms with E-state index in [9.17, 15) is 4.79 Å². The van der Waals surface area contributed by atoms with E-state index in [1.165, 1.54) is 11.3 Å².